The molecule has 1 saturated heterocycles. The molecule has 1 aromatic rings. The molecule has 2 rings (SSSR count). The Morgan fingerprint density at radius 2 is 2.33 bits per heavy atom. The Balaban J connectivity index is 1.68. The van der Waals surface area contributed by atoms with E-state index in [-0.39, 0.29) is 0 Å². The van der Waals surface area contributed by atoms with Gasteiger partial charge < -0.3 is 15.5 Å². The van der Waals surface area contributed by atoms with Crippen molar-refractivity contribution in [3.05, 3.63) is 22.4 Å². The Kier molecular flexibility index (Phi) is 8.08. The van der Waals surface area contributed by atoms with Crippen molar-refractivity contribution >= 4 is 23.2 Å². The van der Waals surface area contributed by atoms with E-state index in [0.717, 1.165) is 64.4 Å². The summed E-state index contributed by atoms with van der Waals surface area (Å²) in [4.78, 5) is 19.7. The molecule has 1 atom stereocenters. The monoisotopic (exact) mass is 350 g/mol. The molecule has 0 bridgehead atoms. The summed E-state index contributed by atoms with van der Waals surface area (Å²) < 4.78 is 0. The Morgan fingerprint density at radius 1 is 1.46 bits per heavy atom. The summed E-state index contributed by atoms with van der Waals surface area (Å²) in [6.45, 7) is 8.61. The van der Waals surface area contributed by atoms with Gasteiger partial charge in [-0.1, -0.05) is 13.0 Å². The SMILES string of the molecule is CCNC(=NCC(C)Cc1cccs1)NCCCN1CCCC1=O. The lowest BCUT2D eigenvalue weighted by Crippen LogP contribution is -2.39. The first-order chi connectivity index (χ1) is 11.7. The van der Waals surface area contributed by atoms with Crippen LogP contribution in [0.5, 0.6) is 0 Å². The minimum absolute atomic E-state index is 0.304. The molecule has 5 nitrogen and oxygen atoms in total. The number of hydrogen-bond donors (Lipinski definition) is 2. The third kappa shape index (κ3) is 6.51. The number of guanidine groups is 1. The number of nitrogens with one attached hydrogen (secondary N) is 2. The Bertz CT molecular complexity index is 515. The van der Waals surface area contributed by atoms with E-state index in [0.29, 0.717) is 11.8 Å². The van der Waals surface area contributed by atoms with Crippen molar-refractivity contribution in [2.24, 2.45) is 10.9 Å². The number of amides is 1. The second-order valence-electron chi connectivity index (χ2n) is 6.37. The lowest BCUT2D eigenvalue weighted by molar-refractivity contribution is -0.127. The molecule has 0 aliphatic carbocycles. The molecule has 1 amide bonds. The van der Waals surface area contributed by atoms with Gasteiger partial charge >= 0.3 is 0 Å². The molecule has 1 aliphatic heterocycles. The molecular formula is C18H30N4OS. The molecule has 1 unspecified atom stereocenters. The van der Waals surface area contributed by atoms with Crippen molar-refractivity contribution in [2.45, 2.75) is 39.5 Å². The molecule has 0 saturated carbocycles. The van der Waals surface area contributed by atoms with Gasteiger partial charge in [0.2, 0.25) is 5.91 Å². The number of thiophene rings is 1. The van der Waals surface area contributed by atoms with Crippen molar-refractivity contribution < 1.29 is 4.79 Å². The first-order valence-corrected chi connectivity index (χ1v) is 9.89. The smallest absolute Gasteiger partial charge is 0.222 e. The number of carbonyl (C=O) groups excluding carboxylic acids is 1. The maximum absolute atomic E-state index is 11.6. The molecule has 134 valence electrons. The second kappa shape index (κ2) is 10.3. The highest BCUT2D eigenvalue weighted by molar-refractivity contribution is 7.09. The summed E-state index contributed by atoms with van der Waals surface area (Å²) in [6, 6.07) is 4.29. The molecule has 2 N–H and O–H groups in total. The van der Waals surface area contributed by atoms with Gasteiger partial charge in [0.25, 0.3) is 0 Å². The predicted molar refractivity (Wildman–Crippen MR) is 102 cm³/mol. The fraction of sp³-hybridized carbons (Fsp3) is 0.667. The summed E-state index contributed by atoms with van der Waals surface area (Å²) in [7, 11) is 0. The van der Waals surface area contributed by atoms with E-state index >= 15 is 0 Å². The van der Waals surface area contributed by atoms with Gasteiger partial charge in [-0.2, -0.15) is 0 Å². The highest BCUT2D eigenvalue weighted by Crippen LogP contribution is 2.14. The van der Waals surface area contributed by atoms with Gasteiger partial charge in [0.15, 0.2) is 5.96 Å². The summed E-state index contributed by atoms with van der Waals surface area (Å²) in [6.07, 6.45) is 3.77. The van der Waals surface area contributed by atoms with Crippen molar-refractivity contribution in [1.29, 1.82) is 0 Å². The number of rotatable bonds is 9. The fourth-order valence-electron chi connectivity index (χ4n) is 2.84. The normalized spacial score (nSPS) is 16.5. The average molecular weight is 351 g/mol. The van der Waals surface area contributed by atoms with E-state index < -0.39 is 0 Å². The molecule has 0 spiro atoms. The standard InChI is InChI=1S/C18H30N4OS/c1-3-19-18(20-9-6-11-22-10-4-8-17(22)23)21-14-15(2)13-16-7-5-12-24-16/h5,7,12,15H,3-4,6,8-11,13-14H2,1-2H3,(H2,19,20,21). The number of hydrogen-bond acceptors (Lipinski definition) is 3. The average Bonchev–Trinajstić information content (AvgIpc) is 3.21. The van der Waals surface area contributed by atoms with Crippen LogP contribution in [0, 0.1) is 5.92 Å². The van der Waals surface area contributed by atoms with Crippen LogP contribution < -0.4 is 10.6 Å². The maximum atomic E-state index is 11.6. The van der Waals surface area contributed by atoms with Gasteiger partial charge in [-0.15, -0.1) is 11.3 Å². The summed E-state index contributed by atoms with van der Waals surface area (Å²) in [5.74, 6) is 1.71. The van der Waals surface area contributed by atoms with Gasteiger partial charge in [-0.05, 0) is 43.6 Å². The Hall–Kier alpha value is -1.56. The van der Waals surface area contributed by atoms with Crippen LogP contribution in [-0.2, 0) is 11.2 Å². The van der Waals surface area contributed by atoms with Crippen molar-refractivity contribution in [2.75, 3.05) is 32.7 Å². The van der Waals surface area contributed by atoms with E-state index in [1.807, 2.05) is 16.2 Å². The maximum Gasteiger partial charge on any atom is 0.222 e. The molecule has 1 aromatic heterocycles. The van der Waals surface area contributed by atoms with Gasteiger partial charge in [0.1, 0.15) is 0 Å². The Morgan fingerprint density at radius 3 is 3.00 bits per heavy atom. The number of carbonyl (C=O) groups is 1. The highest BCUT2D eigenvalue weighted by atomic mass is 32.1. The highest BCUT2D eigenvalue weighted by Gasteiger charge is 2.18. The summed E-state index contributed by atoms with van der Waals surface area (Å²) in [5, 5.41) is 8.80. The minimum atomic E-state index is 0.304. The van der Waals surface area contributed by atoms with Crippen LogP contribution in [-0.4, -0.2) is 49.5 Å². The topological polar surface area (TPSA) is 56.7 Å². The molecule has 2 heterocycles. The van der Waals surface area contributed by atoms with Gasteiger partial charge in [-0.3, -0.25) is 9.79 Å². The number of aliphatic imine (C=N–C) groups is 1. The van der Waals surface area contributed by atoms with Gasteiger partial charge in [0.05, 0.1) is 0 Å². The third-order valence-electron chi connectivity index (χ3n) is 4.10. The van der Waals surface area contributed by atoms with Gasteiger partial charge in [-0.25, -0.2) is 0 Å². The zero-order chi connectivity index (χ0) is 17.2. The Labute approximate surface area is 149 Å². The predicted octanol–water partition coefficient (Wildman–Crippen LogP) is 2.49. The van der Waals surface area contributed by atoms with Crippen molar-refractivity contribution in [3.8, 4) is 0 Å². The van der Waals surface area contributed by atoms with Crippen molar-refractivity contribution in [3.63, 3.8) is 0 Å². The third-order valence-corrected chi connectivity index (χ3v) is 5.00. The molecule has 0 aromatic carbocycles. The van der Waals surface area contributed by atoms with Crippen LogP contribution >= 0.6 is 11.3 Å². The summed E-state index contributed by atoms with van der Waals surface area (Å²) in [5.41, 5.74) is 0. The fourth-order valence-corrected chi connectivity index (χ4v) is 3.71. The lowest BCUT2D eigenvalue weighted by Gasteiger charge is -2.17. The lowest BCUT2D eigenvalue weighted by atomic mass is 10.1. The van der Waals surface area contributed by atoms with E-state index in [1.54, 1.807) is 0 Å². The zero-order valence-electron chi connectivity index (χ0n) is 14.9. The number of likely N-dealkylation sites (tertiary alicyclic amines) is 1. The molecule has 1 aliphatic rings. The first kappa shape index (κ1) is 18.8. The van der Waals surface area contributed by atoms with Crippen LogP contribution in [0.1, 0.15) is 38.0 Å². The van der Waals surface area contributed by atoms with Gasteiger partial charge in [0, 0.05) is 44.0 Å². The molecule has 6 heteroatoms. The summed E-state index contributed by atoms with van der Waals surface area (Å²) >= 11 is 1.81. The van der Waals surface area contributed by atoms with E-state index in [4.69, 9.17) is 4.99 Å². The minimum Gasteiger partial charge on any atom is -0.357 e. The zero-order valence-corrected chi connectivity index (χ0v) is 15.7. The van der Waals surface area contributed by atoms with E-state index in [1.165, 1.54) is 4.88 Å². The first-order valence-electron chi connectivity index (χ1n) is 9.01. The van der Waals surface area contributed by atoms with Crippen LogP contribution in [0.25, 0.3) is 0 Å². The van der Waals surface area contributed by atoms with Crippen LogP contribution in [0.2, 0.25) is 0 Å². The number of nitrogens with zero attached hydrogens (tertiary/aromatic N) is 2. The quantitative estimate of drug-likeness (QED) is 0.409. The largest absolute Gasteiger partial charge is 0.357 e. The second-order valence-corrected chi connectivity index (χ2v) is 7.41. The van der Waals surface area contributed by atoms with E-state index in [9.17, 15) is 4.79 Å². The molecule has 0 radical (unpaired) electrons. The molecule has 1 fully saturated rings. The van der Waals surface area contributed by atoms with E-state index in [2.05, 4.69) is 42.0 Å². The van der Waals surface area contributed by atoms with Crippen LogP contribution in [0.3, 0.4) is 0 Å². The van der Waals surface area contributed by atoms with Crippen molar-refractivity contribution in [1.82, 2.24) is 15.5 Å². The molecular weight excluding hydrogens is 320 g/mol. The van der Waals surface area contributed by atoms with Crippen LogP contribution in [0.15, 0.2) is 22.5 Å². The van der Waals surface area contributed by atoms with Crippen LogP contribution in [0.4, 0.5) is 0 Å². The molecule has 24 heavy (non-hydrogen) atoms.